The molecule has 0 atom stereocenters. The Morgan fingerprint density at radius 2 is 1.96 bits per heavy atom. The van der Waals surface area contributed by atoms with Crippen LogP contribution in [0, 0.1) is 5.82 Å². The first-order valence-electron chi connectivity index (χ1n) is 8.58. The Bertz CT molecular complexity index is 898. The zero-order valence-electron chi connectivity index (χ0n) is 15.3. The predicted molar refractivity (Wildman–Crippen MR) is 105 cm³/mol. The molecule has 3 aromatic rings. The van der Waals surface area contributed by atoms with Crippen LogP contribution in [0.15, 0.2) is 54.2 Å². The van der Waals surface area contributed by atoms with Gasteiger partial charge in [0.15, 0.2) is 0 Å². The van der Waals surface area contributed by atoms with Gasteiger partial charge < -0.3 is 9.80 Å². The quantitative estimate of drug-likeness (QED) is 0.625. The number of likely N-dealkylation sites (N-methyl/N-ethyl adjacent to an activating group) is 1. The minimum Gasteiger partial charge on any atom is -0.332 e. The first kappa shape index (κ1) is 19.1. The highest BCUT2D eigenvalue weighted by Crippen LogP contribution is 2.26. The number of carbonyl (C=O) groups excluding carboxylic acids is 1. The standard InChI is InChI=1S/C20H21FN4OS/c1-24(2)10-11-25(13-15-6-5-9-22-12-15)20(26)18-14-27-19(23-18)16-7-3-4-8-17(16)21/h3-9,12,14H,10-11,13H2,1-2H3. The summed E-state index contributed by atoms with van der Waals surface area (Å²) < 4.78 is 14.0. The molecule has 140 valence electrons. The van der Waals surface area contributed by atoms with Crippen molar-refractivity contribution in [3.8, 4) is 10.6 Å². The summed E-state index contributed by atoms with van der Waals surface area (Å²) in [6, 6.07) is 10.2. The number of rotatable bonds is 7. The van der Waals surface area contributed by atoms with Gasteiger partial charge in [-0.25, -0.2) is 9.37 Å². The van der Waals surface area contributed by atoms with Crippen LogP contribution in [-0.2, 0) is 6.54 Å². The van der Waals surface area contributed by atoms with Crippen molar-refractivity contribution in [1.82, 2.24) is 19.8 Å². The lowest BCUT2D eigenvalue weighted by atomic mass is 10.2. The summed E-state index contributed by atoms with van der Waals surface area (Å²) in [5.41, 5.74) is 1.70. The van der Waals surface area contributed by atoms with E-state index in [9.17, 15) is 9.18 Å². The molecule has 0 radical (unpaired) electrons. The topological polar surface area (TPSA) is 49.3 Å². The smallest absolute Gasteiger partial charge is 0.273 e. The van der Waals surface area contributed by atoms with E-state index in [0.29, 0.717) is 29.4 Å². The molecule has 0 fully saturated rings. The van der Waals surface area contributed by atoms with Crippen molar-refractivity contribution in [2.45, 2.75) is 6.54 Å². The van der Waals surface area contributed by atoms with Crippen molar-refractivity contribution in [1.29, 1.82) is 0 Å². The normalized spacial score (nSPS) is 11.0. The Hall–Kier alpha value is -2.64. The largest absolute Gasteiger partial charge is 0.332 e. The van der Waals surface area contributed by atoms with Gasteiger partial charge in [-0.1, -0.05) is 18.2 Å². The van der Waals surface area contributed by atoms with Crippen LogP contribution in [0.2, 0.25) is 0 Å². The van der Waals surface area contributed by atoms with Crippen molar-refractivity contribution in [2.24, 2.45) is 0 Å². The van der Waals surface area contributed by atoms with Crippen molar-refractivity contribution < 1.29 is 9.18 Å². The molecule has 0 N–H and O–H groups in total. The monoisotopic (exact) mass is 384 g/mol. The third kappa shape index (κ3) is 4.96. The Balaban J connectivity index is 1.82. The van der Waals surface area contributed by atoms with E-state index in [0.717, 1.165) is 12.1 Å². The molecule has 3 rings (SSSR count). The Kier molecular flexibility index (Phi) is 6.26. The molecule has 0 spiro atoms. The zero-order valence-corrected chi connectivity index (χ0v) is 16.1. The molecule has 0 aliphatic carbocycles. The van der Waals surface area contributed by atoms with E-state index in [4.69, 9.17) is 0 Å². The molecule has 7 heteroatoms. The highest BCUT2D eigenvalue weighted by atomic mass is 32.1. The van der Waals surface area contributed by atoms with Gasteiger partial charge in [0, 0.05) is 43.0 Å². The Morgan fingerprint density at radius 1 is 1.15 bits per heavy atom. The van der Waals surface area contributed by atoms with Crippen LogP contribution < -0.4 is 0 Å². The molecule has 0 aliphatic rings. The summed E-state index contributed by atoms with van der Waals surface area (Å²) in [5, 5.41) is 2.20. The summed E-state index contributed by atoms with van der Waals surface area (Å²) in [4.78, 5) is 25.3. The van der Waals surface area contributed by atoms with E-state index >= 15 is 0 Å². The maximum atomic E-state index is 14.0. The van der Waals surface area contributed by atoms with E-state index in [1.165, 1.54) is 17.4 Å². The second kappa shape index (κ2) is 8.83. The van der Waals surface area contributed by atoms with Crippen molar-refractivity contribution in [3.63, 3.8) is 0 Å². The minimum atomic E-state index is -0.342. The number of halogens is 1. The number of thiazole rings is 1. The van der Waals surface area contributed by atoms with E-state index in [-0.39, 0.29) is 11.7 Å². The summed E-state index contributed by atoms with van der Waals surface area (Å²) in [6.07, 6.45) is 3.46. The maximum Gasteiger partial charge on any atom is 0.273 e. The lowest BCUT2D eigenvalue weighted by molar-refractivity contribution is 0.0727. The molecule has 1 amide bonds. The number of amides is 1. The Labute approximate surface area is 162 Å². The van der Waals surface area contributed by atoms with Crippen LogP contribution >= 0.6 is 11.3 Å². The highest BCUT2D eigenvalue weighted by Gasteiger charge is 2.20. The maximum absolute atomic E-state index is 14.0. The second-order valence-electron chi connectivity index (χ2n) is 6.41. The molecule has 2 aromatic heterocycles. The third-order valence-corrected chi connectivity index (χ3v) is 4.90. The van der Waals surface area contributed by atoms with Crippen molar-refractivity contribution in [2.75, 3.05) is 27.2 Å². The molecule has 0 aliphatic heterocycles. The highest BCUT2D eigenvalue weighted by molar-refractivity contribution is 7.13. The zero-order chi connectivity index (χ0) is 19.2. The van der Waals surface area contributed by atoms with Crippen LogP contribution in [0.3, 0.4) is 0 Å². The SMILES string of the molecule is CN(C)CCN(Cc1cccnc1)C(=O)c1csc(-c2ccccc2F)n1. The number of hydrogen-bond acceptors (Lipinski definition) is 5. The van der Waals surface area contributed by atoms with E-state index in [1.807, 2.05) is 31.1 Å². The second-order valence-corrected chi connectivity index (χ2v) is 7.27. The van der Waals surface area contributed by atoms with Gasteiger partial charge in [0.2, 0.25) is 0 Å². The summed E-state index contributed by atoms with van der Waals surface area (Å²) >= 11 is 1.27. The molecular weight excluding hydrogens is 363 g/mol. The number of aromatic nitrogens is 2. The molecule has 1 aromatic carbocycles. The van der Waals surface area contributed by atoms with Gasteiger partial charge in [0.25, 0.3) is 5.91 Å². The van der Waals surface area contributed by atoms with Gasteiger partial charge in [-0.2, -0.15) is 0 Å². The van der Waals surface area contributed by atoms with E-state index < -0.39 is 0 Å². The third-order valence-electron chi connectivity index (χ3n) is 4.03. The Morgan fingerprint density at radius 3 is 2.67 bits per heavy atom. The van der Waals surface area contributed by atoms with Gasteiger partial charge in [-0.3, -0.25) is 9.78 Å². The van der Waals surface area contributed by atoms with Crippen LogP contribution in [0.4, 0.5) is 4.39 Å². The number of benzene rings is 1. The summed E-state index contributed by atoms with van der Waals surface area (Å²) in [7, 11) is 3.93. The first-order valence-corrected chi connectivity index (χ1v) is 9.46. The molecular formula is C20H21FN4OS. The molecule has 0 bridgehead atoms. The van der Waals surface area contributed by atoms with Crippen molar-refractivity contribution >= 4 is 17.2 Å². The molecule has 0 unspecified atom stereocenters. The number of hydrogen-bond donors (Lipinski definition) is 0. The van der Waals surface area contributed by atoms with E-state index in [2.05, 4.69) is 9.97 Å². The molecule has 27 heavy (non-hydrogen) atoms. The molecule has 2 heterocycles. The number of nitrogens with zero attached hydrogens (tertiary/aromatic N) is 4. The fourth-order valence-electron chi connectivity index (χ4n) is 2.58. The van der Waals surface area contributed by atoms with Gasteiger partial charge in [-0.05, 0) is 37.9 Å². The van der Waals surface area contributed by atoms with Crippen LogP contribution in [-0.4, -0.2) is 52.9 Å². The van der Waals surface area contributed by atoms with Gasteiger partial charge >= 0.3 is 0 Å². The summed E-state index contributed by atoms with van der Waals surface area (Å²) in [5.74, 6) is -0.509. The fourth-order valence-corrected chi connectivity index (χ4v) is 3.40. The average Bonchev–Trinajstić information content (AvgIpc) is 3.15. The van der Waals surface area contributed by atoms with E-state index in [1.54, 1.807) is 40.9 Å². The molecule has 0 saturated heterocycles. The molecule has 0 saturated carbocycles. The van der Waals surface area contributed by atoms with Gasteiger partial charge in [-0.15, -0.1) is 11.3 Å². The van der Waals surface area contributed by atoms with Gasteiger partial charge in [0.05, 0.1) is 0 Å². The van der Waals surface area contributed by atoms with Crippen LogP contribution in [0.25, 0.3) is 10.6 Å². The lowest BCUT2D eigenvalue weighted by Crippen LogP contribution is -2.36. The van der Waals surface area contributed by atoms with Gasteiger partial charge in [0.1, 0.15) is 16.5 Å². The number of pyridine rings is 1. The minimum absolute atomic E-state index is 0.167. The summed E-state index contributed by atoms with van der Waals surface area (Å²) in [6.45, 7) is 1.75. The van der Waals surface area contributed by atoms with Crippen LogP contribution in [0.1, 0.15) is 16.1 Å². The van der Waals surface area contributed by atoms with Crippen molar-refractivity contribution in [3.05, 3.63) is 71.2 Å². The fraction of sp³-hybridized carbons (Fsp3) is 0.250. The first-order chi connectivity index (χ1) is 13.0. The predicted octanol–water partition coefficient (Wildman–Crippen LogP) is 3.55. The molecule has 5 nitrogen and oxygen atoms in total. The van der Waals surface area contributed by atoms with Crippen LogP contribution in [0.5, 0.6) is 0 Å². The lowest BCUT2D eigenvalue weighted by Gasteiger charge is -2.23. The average molecular weight is 384 g/mol. The number of carbonyl (C=O) groups is 1.